The van der Waals surface area contributed by atoms with E-state index in [0.717, 1.165) is 19.4 Å². The zero-order chi connectivity index (χ0) is 12.4. The molecule has 1 unspecified atom stereocenters. The highest BCUT2D eigenvalue weighted by Gasteiger charge is 2.31. The van der Waals surface area contributed by atoms with Crippen LogP contribution in [0.4, 0.5) is 0 Å². The molecule has 0 bridgehead atoms. The fourth-order valence-electron chi connectivity index (χ4n) is 1.64. The number of rotatable bonds is 10. The lowest BCUT2D eigenvalue weighted by molar-refractivity contribution is 0.0275. The lowest BCUT2D eigenvalue weighted by Gasteiger charge is -2.34. The van der Waals surface area contributed by atoms with E-state index in [2.05, 4.69) is 13.8 Å². The molecule has 98 valence electrons. The summed E-state index contributed by atoms with van der Waals surface area (Å²) in [6, 6.07) is 0. The number of ether oxygens (including phenoxy) is 2. The highest BCUT2D eigenvalue weighted by molar-refractivity contribution is 4.82. The quantitative estimate of drug-likeness (QED) is 0.553. The van der Waals surface area contributed by atoms with Gasteiger partial charge in [-0.2, -0.15) is 0 Å². The molecule has 0 saturated carbocycles. The molecule has 4 nitrogen and oxygen atoms in total. The van der Waals surface area contributed by atoms with Crippen molar-refractivity contribution in [3.05, 3.63) is 0 Å². The standard InChI is InChI=1S/C12H27NO3/c1-11(2)12(9-13,10-14)5-8-16-7-4-6-15-3/h11,14H,4-10,13H2,1-3H3. The van der Waals surface area contributed by atoms with Gasteiger partial charge in [0.05, 0.1) is 6.61 Å². The third kappa shape index (κ3) is 5.25. The molecule has 0 spiro atoms. The van der Waals surface area contributed by atoms with Crippen molar-refractivity contribution in [1.82, 2.24) is 0 Å². The van der Waals surface area contributed by atoms with Gasteiger partial charge in [0.25, 0.3) is 0 Å². The molecule has 0 aromatic heterocycles. The Kier molecular flexibility index (Phi) is 8.84. The van der Waals surface area contributed by atoms with Crippen LogP contribution in [0.5, 0.6) is 0 Å². The summed E-state index contributed by atoms with van der Waals surface area (Å²) in [4.78, 5) is 0. The molecule has 1 atom stereocenters. The van der Waals surface area contributed by atoms with Gasteiger partial charge in [-0.1, -0.05) is 13.8 Å². The first-order valence-corrected chi connectivity index (χ1v) is 6.00. The van der Waals surface area contributed by atoms with Crippen LogP contribution >= 0.6 is 0 Å². The predicted molar refractivity (Wildman–Crippen MR) is 65.3 cm³/mol. The van der Waals surface area contributed by atoms with E-state index in [1.165, 1.54) is 0 Å². The summed E-state index contributed by atoms with van der Waals surface area (Å²) in [5, 5.41) is 9.43. The first kappa shape index (κ1) is 15.8. The summed E-state index contributed by atoms with van der Waals surface area (Å²) in [6.07, 6.45) is 1.72. The van der Waals surface area contributed by atoms with E-state index in [9.17, 15) is 5.11 Å². The van der Waals surface area contributed by atoms with Gasteiger partial charge in [-0.05, 0) is 18.8 Å². The first-order chi connectivity index (χ1) is 7.63. The summed E-state index contributed by atoms with van der Waals surface area (Å²) in [6.45, 7) is 6.90. The highest BCUT2D eigenvalue weighted by Crippen LogP contribution is 2.29. The van der Waals surface area contributed by atoms with Crippen molar-refractivity contribution in [3.8, 4) is 0 Å². The second kappa shape index (κ2) is 8.93. The van der Waals surface area contributed by atoms with E-state index in [0.29, 0.717) is 25.7 Å². The maximum absolute atomic E-state index is 9.43. The average Bonchev–Trinajstić information content (AvgIpc) is 2.28. The van der Waals surface area contributed by atoms with Crippen molar-refractivity contribution in [2.45, 2.75) is 26.7 Å². The zero-order valence-electron chi connectivity index (χ0n) is 10.9. The van der Waals surface area contributed by atoms with E-state index in [4.69, 9.17) is 15.2 Å². The Bertz CT molecular complexity index is 158. The van der Waals surface area contributed by atoms with Crippen molar-refractivity contribution in [1.29, 1.82) is 0 Å². The van der Waals surface area contributed by atoms with Crippen LogP contribution in [0.15, 0.2) is 0 Å². The second-order valence-corrected chi connectivity index (χ2v) is 4.59. The summed E-state index contributed by atoms with van der Waals surface area (Å²) in [5.41, 5.74) is 5.55. The van der Waals surface area contributed by atoms with Gasteiger partial charge in [0.15, 0.2) is 0 Å². The second-order valence-electron chi connectivity index (χ2n) is 4.59. The largest absolute Gasteiger partial charge is 0.396 e. The van der Waals surface area contributed by atoms with E-state index >= 15 is 0 Å². The van der Waals surface area contributed by atoms with Gasteiger partial charge in [0, 0.05) is 38.9 Å². The Morgan fingerprint density at radius 1 is 1.25 bits per heavy atom. The minimum Gasteiger partial charge on any atom is -0.396 e. The summed E-state index contributed by atoms with van der Waals surface area (Å²) >= 11 is 0. The Hall–Kier alpha value is -0.160. The highest BCUT2D eigenvalue weighted by atomic mass is 16.5. The number of aliphatic hydroxyl groups excluding tert-OH is 1. The smallest absolute Gasteiger partial charge is 0.0502 e. The summed E-state index contributed by atoms with van der Waals surface area (Å²) in [7, 11) is 1.68. The van der Waals surface area contributed by atoms with Crippen LogP contribution in [0.2, 0.25) is 0 Å². The molecule has 0 aromatic carbocycles. The van der Waals surface area contributed by atoms with Gasteiger partial charge in [0.2, 0.25) is 0 Å². The molecule has 0 fully saturated rings. The third-order valence-electron chi connectivity index (χ3n) is 3.33. The fourth-order valence-corrected chi connectivity index (χ4v) is 1.64. The Labute approximate surface area is 99.1 Å². The maximum Gasteiger partial charge on any atom is 0.0502 e. The number of aliphatic hydroxyl groups is 1. The fraction of sp³-hybridized carbons (Fsp3) is 1.00. The van der Waals surface area contributed by atoms with Gasteiger partial charge in [-0.3, -0.25) is 0 Å². The van der Waals surface area contributed by atoms with Crippen molar-refractivity contribution in [2.24, 2.45) is 17.1 Å². The molecule has 0 aromatic rings. The lowest BCUT2D eigenvalue weighted by atomic mass is 9.75. The van der Waals surface area contributed by atoms with Gasteiger partial charge < -0.3 is 20.3 Å². The summed E-state index contributed by atoms with van der Waals surface area (Å²) in [5.74, 6) is 0.366. The number of nitrogens with two attached hydrogens (primary N) is 1. The molecule has 16 heavy (non-hydrogen) atoms. The lowest BCUT2D eigenvalue weighted by Crippen LogP contribution is -2.40. The van der Waals surface area contributed by atoms with Gasteiger partial charge >= 0.3 is 0 Å². The van der Waals surface area contributed by atoms with Crippen LogP contribution in [0.1, 0.15) is 26.7 Å². The molecule has 0 aliphatic rings. The van der Waals surface area contributed by atoms with Crippen molar-refractivity contribution in [3.63, 3.8) is 0 Å². The van der Waals surface area contributed by atoms with E-state index in [1.54, 1.807) is 7.11 Å². The normalized spacial score (nSPS) is 15.4. The molecule has 0 saturated heterocycles. The summed E-state index contributed by atoms with van der Waals surface area (Å²) < 4.78 is 10.4. The van der Waals surface area contributed by atoms with Crippen LogP contribution in [-0.2, 0) is 9.47 Å². The van der Waals surface area contributed by atoms with E-state index < -0.39 is 0 Å². The van der Waals surface area contributed by atoms with Crippen LogP contribution in [-0.4, -0.2) is 45.2 Å². The Morgan fingerprint density at radius 2 is 1.94 bits per heavy atom. The number of hydrogen-bond acceptors (Lipinski definition) is 4. The van der Waals surface area contributed by atoms with E-state index in [1.807, 2.05) is 0 Å². The minimum absolute atomic E-state index is 0.128. The molecule has 3 N–H and O–H groups in total. The monoisotopic (exact) mass is 233 g/mol. The Morgan fingerprint density at radius 3 is 2.38 bits per heavy atom. The van der Waals surface area contributed by atoms with Crippen molar-refractivity contribution >= 4 is 0 Å². The number of methoxy groups -OCH3 is 1. The molecule has 0 heterocycles. The SMILES string of the molecule is COCCCOCCC(CN)(CO)C(C)C. The zero-order valence-corrected chi connectivity index (χ0v) is 10.9. The number of hydrogen-bond donors (Lipinski definition) is 2. The molecule has 0 aliphatic heterocycles. The molecular formula is C12H27NO3. The van der Waals surface area contributed by atoms with E-state index in [-0.39, 0.29) is 12.0 Å². The third-order valence-corrected chi connectivity index (χ3v) is 3.33. The van der Waals surface area contributed by atoms with Gasteiger partial charge in [-0.15, -0.1) is 0 Å². The molecule has 0 amide bonds. The molecular weight excluding hydrogens is 206 g/mol. The van der Waals surface area contributed by atoms with Crippen LogP contribution in [0.3, 0.4) is 0 Å². The molecule has 0 aliphatic carbocycles. The Balaban J connectivity index is 3.77. The van der Waals surface area contributed by atoms with Gasteiger partial charge in [0.1, 0.15) is 0 Å². The first-order valence-electron chi connectivity index (χ1n) is 6.00. The van der Waals surface area contributed by atoms with Crippen LogP contribution in [0, 0.1) is 11.3 Å². The van der Waals surface area contributed by atoms with Crippen LogP contribution < -0.4 is 5.73 Å². The van der Waals surface area contributed by atoms with Gasteiger partial charge in [-0.25, -0.2) is 0 Å². The predicted octanol–water partition coefficient (Wildman–Crippen LogP) is 1.02. The average molecular weight is 233 g/mol. The molecule has 0 rings (SSSR count). The van der Waals surface area contributed by atoms with Crippen molar-refractivity contribution < 1.29 is 14.6 Å². The minimum atomic E-state index is -0.193. The molecule has 0 radical (unpaired) electrons. The topological polar surface area (TPSA) is 64.7 Å². The van der Waals surface area contributed by atoms with Crippen molar-refractivity contribution in [2.75, 3.05) is 40.1 Å². The molecule has 4 heteroatoms. The maximum atomic E-state index is 9.43. The van der Waals surface area contributed by atoms with Crippen LogP contribution in [0.25, 0.3) is 0 Å².